The van der Waals surface area contributed by atoms with E-state index in [1.165, 1.54) is 5.01 Å². The van der Waals surface area contributed by atoms with Gasteiger partial charge in [-0.2, -0.15) is 5.26 Å². The van der Waals surface area contributed by atoms with Crippen molar-refractivity contribution in [2.24, 2.45) is 0 Å². The summed E-state index contributed by atoms with van der Waals surface area (Å²) in [6.45, 7) is 0.711. The molecule has 0 saturated carbocycles. The molecule has 2 atom stereocenters. The summed E-state index contributed by atoms with van der Waals surface area (Å²) in [4.78, 5) is 38.4. The number of hydrazine groups is 1. The number of nitrogens with one attached hydrogen (secondary N) is 3. The van der Waals surface area contributed by atoms with Crippen LogP contribution in [0.2, 0.25) is 0 Å². The lowest BCUT2D eigenvalue weighted by molar-refractivity contribution is -0.146. The highest BCUT2D eigenvalue weighted by atomic mass is 16.5. The van der Waals surface area contributed by atoms with E-state index in [2.05, 4.69) is 22.1 Å². The van der Waals surface area contributed by atoms with Crippen LogP contribution in [0, 0.1) is 11.3 Å². The van der Waals surface area contributed by atoms with Crippen LogP contribution in [-0.2, 0) is 20.8 Å². The van der Waals surface area contributed by atoms with Crippen LogP contribution in [0.3, 0.4) is 0 Å². The maximum atomic E-state index is 13.2. The molecule has 0 aliphatic carbocycles. The minimum atomic E-state index is -0.923. The van der Waals surface area contributed by atoms with E-state index in [1.807, 2.05) is 60.7 Å². The minimum absolute atomic E-state index is 0.0395. The maximum Gasteiger partial charge on any atom is 0.245 e. The Bertz CT molecular complexity index is 1310. The summed E-state index contributed by atoms with van der Waals surface area (Å²) in [5.74, 6) is 0.293. The van der Waals surface area contributed by atoms with Crippen molar-refractivity contribution in [2.45, 2.75) is 37.8 Å². The fourth-order valence-electron chi connectivity index (χ4n) is 4.33. The topological polar surface area (TPSA) is 124 Å². The highest BCUT2D eigenvalue weighted by Gasteiger charge is 2.33. The van der Waals surface area contributed by atoms with E-state index >= 15 is 0 Å². The van der Waals surface area contributed by atoms with Gasteiger partial charge in [0.15, 0.2) is 0 Å². The molecule has 200 valence electrons. The second-order valence-electron chi connectivity index (χ2n) is 9.15. The third-order valence-corrected chi connectivity index (χ3v) is 6.27. The van der Waals surface area contributed by atoms with Crippen LogP contribution < -0.4 is 20.8 Å². The molecule has 1 aliphatic heterocycles. The molecule has 3 amide bonds. The van der Waals surface area contributed by atoms with Crippen molar-refractivity contribution in [3.05, 3.63) is 96.1 Å². The van der Waals surface area contributed by atoms with Crippen molar-refractivity contribution in [1.82, 2.24) is 21.1 Å². The summed E-state index contributed by atoms with van der Waals surface area (Å²) in [7, 11) is 0. The standard InChI is InChI=1S/C30H31N5O4/c31-21-26(23-11-7-14-25(20-23)39-24-12-5-2-6-13-24)34-30(38)27-15-8-17-33-35(27)29(37)16-18-32-28(36)19-22-9-3-1-4-10-22/h1-7,9-14,20,26-27,33H,8,15-19H2,(H,32,36)(H,34,38). The number of rotatable bonds is 10. The SMILES string of the molecule is N#CC(NC(=O)C1CCCNN1C(=O)CCNC(=O)Cc1ccccc1)c1cccc(Oc2ccccc2)c1. The molecule has 0 aromatic heterocycles. The molecule has 0 spiro atoms. The largest absolute Gasteiger partial charge is 0.457 e. The molecular formula is C30H31N5O4. The monoisotopic (exact) mass is 525 g/mol. The number of para-hydroxylation sites is 1. The molecule has 0 bridgehead atoms. The molecule has 1 saturated heterocycles. The normalized spacial score (nSPS) is 15.5. The van der Waals surface area contributed by atoms with E-state index in [0.29, 0.717) is 36.4 Å². The van der Waals surface area contributed by atoms with Crippen LogP contribution in [-0.4, -0.2) is 41.9 Å². The smallest absolute Gasteiger partial charge is 0.245 e. The first-order chi connectivity index (χ1) is 19.0. The summed E-state index contributed by atoms with van der Waals surface area (Å²) in [6, 6.07) is 26.0. The number of carbonyl (C=O) groups excluding carboxylic acids is 3. The van der Waals surface area contributed by atoms with Gasteiger partial charge in [-0.05, 0) is 48.2 Å². The molecule has 39 heavy (non-hydrogen) atoms. The molecule has 9 nitrogen and oxygen atoms in total. The molecule has 1 aliphatic rings. The number of carbonyl (C=O) groups is 3. The fourth-order valence-corrected chi connectivity index (χ4v) is 4.33. The summed E-state index contributed by atoms with van der Waals surface area (Å²) >= 11 is 0. The number of nitriles is 1. The first-order valence-electron chi connectivity index (χ1n) is 12.9. The van der Waals surface area contributed by atoms with Crippen LogP contribution in [0.15, 0.2) is 84.9 Å². The molecule has 0 radical (unpaired) electrons. The molecule has 9 heteroatoms. The predicted octanol–water partition coefficient (Wildman–Crippen LogP) is 3.40. The lowest BCUT2D eigenvalue weighted by atomic mass is 10.0. The minimum Gasteiger partial charge on any atom is -0.457 e. The van der Waals surface area contributed by atoms with Crippen molar-refractivity contribution in [1.29, 1.82) is 5.26 Å². The van der Waals surface area contributed by atoms with Gasteiger partial charge in [0.05, 0.1) is 12.5 Å². The van der Waals surface area contributed by atoms with Crippen molar-refractivity contribution < 1.29 is 19.1 Å². The fraction of sp³-hybridized carbons (Fsp3) is 0.267. The van der Waals surface area contributed by atoms with E-state index in [0.717, 1.165) is 5.56 Å². The molecule has 2 unspecified atom stereocenters. The number of amides is 3. The zero-order valence-electron chi connectivity index (χ0n) is 21.5. The van der Waals surface area contributed by atoms with Crippen LogP contribution in [0.25, 0.3) is 0 Å². The van der Waals surface area contributed by atoms with Gasteiger partial charge in [0.1, 0.15) is 23.6 Å². The molecule has 3 aromatic carbocycles. The van der Waals surface area contributed by atoms with Gasteiger partial charge >= 0.3 is 0 Å². The van der Waals surface area contributed by atoms with Gasteiger partial charge < -0.3 is 15.4 Å². The summed E-state index contributed by atoms with van der Waals surface area (Å²) in [5.41, 5.74) is 4.46. The van der Waals surface area contributed by atoms with E-state index < -0.39 is 18.0 Å². The lowest BCUT2D eigenvalue weighted by Crippen LogP contribution is -2.59. The number of ether oxygens (including phenoxy) is 1. The van der Waals surface area contributed by atoms with E-state index in [1.54, 1.807) is 24.3 Å². The molecular weight excluding hydrogens is 494 g/mol. The third kappa shape index (κ3) is 7.90. The molecule has 1 heterocycles. The highest BCUT2D eigenvalue weighted by molar-refractivity contribution is 5.88. The van der Waals surface area contributed by atoms with E-state index in [-0.39, 0.29) is 31.2 Å². The molecule has 4 rings (SSSR count). The average Bonchev–Trinajstić information content (AvgIpc) is 2.97. The van der Waals surface area contributed by atoms with Gasteiger partial charge in [-0.1, -0.05) is 60.7 Å². The second kappa shape index (κ2) is 13.7. The first-order valence-corrected chi connectivity index (χ1v) is 12.9. The maximum absolute atomic E-state index is 13.2. The molecule has 1 fully saturated rings. The Hall–Kier alpha value is -4.68. The highest BCUT2D eigenvalue weighted by Crippen LogP contribution is 2.25. The Morgan fingerprint density at radius 1 is 1.00 bits per heavy atom. The first kappa shape index (κ1) is 27.4. The van der Waals surface area contributed by atoms with Crippen molar-refractivity contribution in [3.8, 4) is 17.6 Å². The Labute approximate surface area is 227 Å². The number of hydrogen-bond acceptors (Lipinski definition) is 6. The predicted molar refractivity (Wildman–Crippen MR) is 145 cm³/mol. The quantitative estimate of drug-likeness (QED) is 0.373. The van der Waals surface area contributed by atoms with Crippen LogP contribution in [0.5, 0.6) is 11.5 Å². The summed E-state index contributed by atoms with van der Waals surface area (Å²) < 4.78 is 5.86. The zero-order chi connectivity index (χ0) is 27.5. The van der Waals surface area contributed by atoms with Crippen molar-refractivity contribution in [2.75, 3.05) is 13.1 Å². The van der Waals surface area contributed by atoms with E-state index in [4.69, 9.17) is 4.74 Å². The van der Waals surface area contributed by atoms with Crippen LogP contribution >= 0.6 is 0 Å². The lowest BCUT2D eigenvalue weighted by Gasteiger charge is -2.35. The number of nitrogens with zero attached hydrogens (tertiary/aromatic N) is 2. The second-order valence-corrected chi connectivity index (χ2v) is 9.15. The number of benzene rings is 3. The van der Waals surface area contributed by atoms with Gasteiger partial charge in [-0.15, -0.1) is 0 Å². The van der Waals surface area contributed by atoms with E-state index in [9.17, 15) is 19.6 Å². The Morgan fingerprint density at radius 2 is 1.72 bits per heavy atom. The molecule has 3 aromatic rings. The Morgan fingerprint density at radius 3 is 2.46 bits per heavy atom. The van der Waals surface area contributed by atoms with Gasteiger partial charge in [0.2, 0.25) is 17.7 Å². The van der Waals surface area contributed by atoms with Gasteiger partial charge in [0, 0.05) is 19.5 Å². The average molecular weight is 526 g/mol. The zero-order valence-corrected chi connectivity index (χ0v) is 21.5. The van der Waals surface area contributed by atoms with Crippen molar-refractivity contribution in [3.63, 3.8) is 0 Å². The Balaban J connectivity index is 1.33. The summed E-state index contributed by atoms with van der Waals surface area (Å²) in [5, 5.41) is 16.7. The Kier molecular flexibility index (Phi) is 9.64. The van der Waals surface area contributed by atoms with Crippen LogP contribution in [0.4, 0.5) is 0 Å². The van der Waals surface area contributed by atoms with Gasteiger partial charge in [0.25, 0.3) is 0 Å². The number of hydrogen-bond donors (Lipinski definition) is 3. The van der Waals surface area contributed by atoms with Crippen LogP contribution in [0.1, 0.15) is 36.4 Å². The van der Waals surface area contributed by atoms with Gasteiger partial charge in [-0.3, -0.25) is 19.4 Å². The van der Waals surface area contributed by atoms with Crippen molar-refractivity contribution >= 4 is 17.7 Å². The summed E-state index contributed by atoms with van der Waals surface area (Å²) in [6.07, 6.45) is 1.43. The third-order valence-electron chi connectivity index (χ3n) is 6.27. The van der Waals surface area contributed by atoms with Gasteiger partial charge in [-0.25, -0.2) is 5.43 Å². The molecule has 3 N–H and O–H groups in total.